The minimum Gasteiger partial charge on any atom is -0.472 e. The van der Waals surface area contributed by atoms with Gasteiger partial charge in [0.2, 0.25) is 15.9 Å². The predicted octanol–water partition coefficient (Wildman–Crippen LogP) is 0.373. The number of alkyl halides is 2. The lowest BCUT2D eigenvalue weighted by Gasteiger charge is -2.04. The third-order valence-corrected chi connectivity index (χ3v) is 2.29. The van der Waals surface area contributed by atoms with Crippen LogP contribution >= 0.6 is 0 Å². The number of halogens is 2. The Bertz CT molecular complexity index is 418. The average molecular weight is 238 g/mol. The van der Waals surface area contributed by atoms with E-state index < -0.39 is 23.1 Å². The first kappa shape index (κ1) is 11.8. The van der Waals surface area contributed by atoms with Gasteiger partial charge in [-0.25, -0.2) is 27.3 Å². The van der Waals surface area contributed by atoms with Gasteiger partial charge in [0.25, 0.3) is 6.43 Å². The van der Waals surface area contributed by atoms with Crippen molar-refractivity contribution >= 4 is 10.0 Å². The molecule has 1 aromatic rings. The van der Waals surface area contributed by atoms with Crippen LogP contribution in [0.25, 0.3) is 0 Å². The summed E-state index contributed by atoms with van der Waals surface area (Å²) in [6.07, 6.45) is -1.67. The first-order valence-corrected chi connectivity index (χ1v) is 5.34. The summed E-state index contributed by atoms with van der Waals surface area (Å²) in [6, 6.07) is 2.28. The summed E-state index contributed by atoms with van der Waals surface area (Å²) in [5.41, 5.74) is 0. The van der Waals surface area contributed by atoms with Crippen molar-refractivity contribution in [2.45, 2.75) is 11.3 Å². The molecule has 0 bridgehead atoms. The maximum atomic E-state index is 11.7. The van der Waals surface area contributed by atoms with Gasteiger partial charge in [-0.1, -0.05) is 0 Å². The smallest absolute Gasteiger partial charge is 0.272 e. The number of rotatable bonds is 4. The molecule has 0 fully saturated rings. The third kappa shape index (κ3) is 3.76. The van der Waals surface area contributed by atoms with E-state index in [4.69, 9.17) is 5.14 Å². The molecule has 1 heterocycles. The molecule has 0 aliphatic rings. The number of hydrogen-bond acceptors (Lipinski definition) is 4. The summed E-state index contributed by atoms with van der Waals surface area (Å²) in [4.78, 5) is 3.30. The number of primary sulfonamides is 1. The van der Waals surface area contributed by atoms with Gasteiger partial charge in [0.1, 0.15) is 4.90 Å². The Hall–Kier alpha value is -1.28. The second-order valence-electron chi connectivity index (χ2n) is 2.58. The molecule has 2 N–H and O–H groups in total. The molecule has 8 heteroatoms. The SMILES string of the molecule is NS(=O)(=O)c1ccc(OCC(F)F)nc1. The van der Waals surface area contributed by atoms with Gasteiger partial charge in [0, 0.05) is 6.07 Å². The van der Waals surface area contributed by atoms with Gasteiger partial charge < -0.3 is 4.74 Å². The van der Waals surface area contributed by atoms with Crippen LogP contribution in [0, 0.1) is 0 Å². The van der Waals surface area contributed by atoms with Gasteiger partial charge in [-0.3, -0.25) is 0 Å². The quantitative estimate of drug-likeness (QED) is 0.821. The molecule has 0 saturated carbocycles. The molecular formula is C7H8F2N2O3S. The fourth-order valence-corrected chi connectivity index (χ4v) is 1.23. The van der Waals surface area contributed by atoms with Gasteiger partial charge >= 0.3 is 0 Å². The Morgan fingerprint density at radius 3 is 2.53 bits per heavy atom. The van der Waals surface area contributed by atoms with Crippen LogP contribution in [0.1, 0.15) is 0 Å². The summed E-state index contributed by atoms with van der Waals surface area (Å²) in [6.45, 7) is -0.790. The van der Waals surface area contributed by atoms with Crippen molar-refractivity contribution in [2.24, 2.45) is 5.14 Å². The van der Waals surface area contributed by atoms with Crippen molar-refractivity contribution in [1.29, 1.82) is 0 Å². The summed E-state index contributed by atoms with van der Waals surface area (Å²) in [5.74, 6) is -0.0808. The molecular weight excluding hydrogens is 230 g/mol. The van der Waals surface area contributed by atoms with E-state index in [9.17, 15) is 17.2 Å². The molecule has 0 atom stereocenters. The number of sulfonamides is 1. The van der Waals surface area contributed by atoms with Gasteiger partial charge in [0.05, 0.1) is 6.20 Å². The van der Waals surface area contributed by atoms with Gasteiger partial charge in [-0.15, -0.1) is 0 Å². The van der Waals surface area contributed by atoms with Gasteiger partial charge in [-0.05, 0) is 6.07 Å². The lowest BCUT2D eigenvalue weighted by Crippen LogP contribution is -2.13. The highest BCUT2D eigenvalue weighted by Gasteiger charge is 2.09. The van der Waals surface area contributed by atoms with Gasteiger partial charge in [0.15, 0.2) is 6.61 Å². The molecule has 0 radical (unpaired) electrons. The molecule has 0 saturated heterocycles. The van der Waals surface area contributed by atoms with Crippen LogP contribution in [-0.4, -0.2) is 26.4 Å². The first-order chi connectivity index (χ1) is 6.89. The maximum absolute atomic E-state index is 11.7. The van der Waals surface area contributed by atoms with E-state index in [-0.39, 0.29) is 10.8 Å². The second-order valence-corrected chi connectivity index (χ2v) is 4.14. The standard InChI is InChI=1S/C7H8F2N2O3S/c8-6(9)4-14-7-2-1-5(3-11-7)15(10,12)13/h1-3,6H,4H2,(H2,10,12,13). The molecule has 0 aromatic carbocycles. The van der Waals surface area contributed by atoms with Crippen LogP contribution in [-0.2, 0) is 10.0 Å². The monoisotopic (exact) mass is 238 g/mol. The van der Waals surface area contributed by atoms with E-state index in [2.05, 4.69) is 9.72 Å². The molecule has 0 aliphatic heterocycles. The van der Waals surface area contributed by atoms with E-state index in [0.717, 1.165) is 18.3 Å². The minimum atomic E-state index is -3.82. The van der Waals surface area contributed by atoms with Crippen LogP contribution in [0.15, 0.2) is 23.2 Å². The average Bonchev–Trinajstić information content (AvgIpc) is 2.14. The van der Waals surface area contributed by atoms with Crippen molar-refractivity contribution < 1.29 is 21.9 Å². The summed E-state index contributed by atoms with van der Waals surface area (Å²) in [5, 5.41) is 4.80. The molecule has 0 unspecified atom stereocenters. The lowest BCUT2D eigenvalue weighted by atomic mass is 10.5. The van der Waals surface area contributed by atoms with Gasteiger partial charge in [-0.2, -0.15) is 0 Å². The van der Waals surface area contributed by atoms with Crippen LogP contribution < -0.4 is 9.88 Å². The first-order valence-electron chi connectivity index (χ1n) is 3.79. The zero-order valence-corrected chi connectivity index (χ0v) is 8.25. The second kappa shape index (κ2) is 4.49. The van der Waals surface area contributed by atoms with Crippen LogP contribution in [0.2, 0.25) is 0 Å². The van der Waals surface area contributed by atoms with E-state index >= 15 is 0 Å². The lowest BCUT2D eigenvalue weighted by molar-refractivity contribution is 0.0795. The molecule has 84 valence electrons. The number of pyridine rings is 1. The largest absolute Gasteiger partial charge is 0.472 e. The Morgan fingerprint density at radius 1 is 1.47 bits per heavy atom. The molecule has 0 aliphatic carbocycles. The number of nitrogens with two attached hydrogens (primary N) is 1. The van der Waals surface area contributed by atoms with E-state index in [1.54, 1.807) is 0 Å². The number of ether oxygens (including phenoxy) is 1. The summed E-state index contributed by atoms with van der Waals surface area (Å²) >= 11 is 0. The van der Waals surface area contributed by atoms with Crippen molar-refractivity contribution in [2.75, 3.05) is 6.61 Å². The number of hydrogen-bond donors (Lipinski definition) is 1. The van der Waals surface area contributed by atoms with Crippen molar-refractivity contribution in [3.05, 3.63) is 18.3 Å². The molecule has 15 heavy (non-hydrogen) atoms. The van der Waals surface area contributed by atoms with Crippen molar-refractivity contribution in [3.8, 4) is 5.88 Å². The molecule has 0 amide bonds. The summed E-state index contributed by atoms with van der Waals surface area (Å²) < 4.78 is 49.6. The fraction of sp³-hybridized carbons (Fsp3) is 0.286. The Morgan fingerprint density at radius 2 is 2.13 bits per heavy atom. The van der Waals surface area contributed by atoms with Crippen molar-refractivity contribution in [1.82, 2.24) is 4.98 Å². The summed E-state index contributed by atoms with van der Waals surface area (Å²) in [7, 11) is -3.82. The zero-order valence-electron chi connectivity index (χ0n) is 7.43. The van der Waals surface area contributed by atoms with E-state index in [1.165, 1.54) is 0 Å². The maximum Gasteiger partial charge on any atom is 0.272 e. The topological polar surface area (TPSA) is 82.3 Å². The minimum absolute atomic E-state index is 0.0808. The molecule has 1 rings (SSSR count). The fourth-order valence-electron chi connectivity index (χ4n) is 0.769. The highest BCUT2D eigenvalue weighted by molar-refractivity contribution is 7.89. The normalized spacial score (nSPS) is 11.7. The highest BCUT2D eigenvalue weighted by atomic mass is 32.2. The Balaban J connectivity index is 2.73. The van der Waals surface area contributed by atoms with Crippen LogP contribution in [0.4, 0.5) is 8.78 Å². The van der Waals surface area contributed by atoms with E-state index in [0.29, 0.717) is 0 Å². The van der Waals surface area contributed by atoms with Crippen LogP contribution in [0.3, 0.4) is 0 Å². The zero-order chi connectivity index (χ0) is 11.5. The number of aromatic nitrogens is 1. The Labute approximate surface area is 84.9 Å². The van der Waals surface area contributed by atoms with Crippen LogP contribution in [0.5, 0.6) is 5.88 Å². The predicted molar refractivity (Wildman–Crippen MR) is 47.1 cm³/mol. The molecule has 0 spiro atoms. The Kier molecular flexibility index (Phi) is 3.53. The van der Waals surface area contributed by atoms with Crippen molar-refractivity contribution in [3.63, 3.8) is 0 Å². The highest BCUT2D eigenvalue weighted by Crippen LogP contribution is 2.11. The number of nitrogens with zero attached hydrogens (tertiary/aromatic N) is 1. The third-order valence-electron chi connectivity index (χ3n) is 1.39. The molecule has 5 nitrogen and oxygen atoms in total. The van der Waals surface area contributed by atoms with E-state index in [1.807, 2.05) is 0 Å². The molecule has 1 aromatic heterocycles.